The molecule has 2 rings (SSSR count). The summed E-state index contributed by atoms with van der Waals surface area (Å²) in [5.74, 6) is 0.141. The van der Waals surface area contributed by atoms with E-state index in [0.29, 0.717) is 23.4 Å². The average Bonchev–Trinajstić information content (AvgIpc) is 2.34. The highest BCUT2D eigenvalue weighted by Gasteiger charge is 2.31. The molecule has 0 aliphatic heterocycles. The minimum atomic E-state index is -4.80. The minimum Gasteiger partial charge on any atom is -0.255 e. The molecule has 2 heterocycles. The molecule has 0 N–H and O–H groups in total. The van der Waals surface area contributed by atoms with Crippen molar-refractivity contribution in [3.63, 3.8) is 0 Å². The van der Waals surface area contributed by atoms with E-state index >= 15 is 0 Å². The highest BCUT2D eigenvalue weighted by atomic mass is 32.2. The lowest BCUT2D eigenvalue weighted by Crippen LogP contribution is -2.11. The van der Waals surface area contributed by atoms with Crippen molar-refractivity contribution in [1.82, 2.24) is 9.97 Å². The predicted molar refractivity (Wildman–Crippen MR) is 63.8 cm³/mol. The molecule has 19 heavy (non-hydrogen) atoms. The SMILES string of the molecule is Cc1nc(CSOOC(F)(F)F)cc2cccnc12. The van der Waals surface area contributed by atoms with Gasteiger partial charge in [0.15, 0.2) is 0 Å². The first-order valence-corrected chi connectivity index (χ1v) is 6.12. The van der Waals surface area contributed by atoms with E-state index in [1.807, 2.05) is 6.07 Å². The number of aryl methyl sites for hydroxylation is 1. The molecule has 0 aromatic carbocycles. The Morgan fingerprint density at radius 1 is 1.37 bits per heavy atom. The molecule has 0 spiro atoms. The van der Waals surface area contributed by atoms with Crippen LogP contribution in [0.3, 0.4) is 0 Å². The maximum atomic E-state index is 11.7. The van der Waals surface area contributed by atoms with Gasteiger partial charge in [-0.2, -0.15) is 4.33 Å². The molecule has 0 aliphatic rings. The number of nitrogens with zero attached hydrogens (tertiary/aromatic N) is 2. The number of aromatic nitrogens is 2. The summed E-state index contributed by atoms with van der Waals surface area (Å²) in [5, 5.41) is 0.877. The second kappa shape index (κ2) is 5.72. The van der Waals surface area contributed by atoms with Gasteiger partial charge in [0.1, 0.15) is 0 Å². The van der Waals surface area contributed by atoms with Crippen molar-refractivity contribution in [2.75, 3.05) is 0 Å². The summed E-state index contributed by atoms with van der Waals surface area (Å²) in [5.41, 5.74) is 2.07. The molecule has 0 bridgehead atoms. The Morgan fingerprint density at radius 2 is 2.16 bits per heavy atom. The smallest absolute Gasteiger partial charge is 0.255 e. The molecule has 4 nitrogen and oxygen atoms in total. The van der Waals surface area contributed by atoms with E-state index in [2.05, 4.69) is 19.2 Å². The van der Waals surface area contributed by atoms with Gasteiger partial charge in [0.2, 0.25) is 0 Å². The summed E-state index contributed by atoms with van der Waals surface area (Å²) in [6, 6.07) is 5.39. The standard InChI is InChI=1S/C11H9F3N2O2S/c1-7-10-8(3-2-4-15-10)5-9(16-7)6-19-18-17-11(12,13)14/h2-5H,6H2,1H3. The van der Waals surface area contributed by atoms with Crippen LogP contribution in [0.25, 0.3) is 10.9 Å². The van der Waals surface area contributed by atoms with Gasteiger partial charge in [-0.05, 0) is 19.1 Å². The lowest BCUT2D eigenvalue weighted by atomic mass is 10.2. The molecular weight excluding hydrogens is 281 g/mol. The molecule has 0 radical (unpaired) electrons. The third-order valence-electron chi connectivity index (χ3n) is 2.20. The van der Waals surface area contributed by atoms with Crippen LogP contribution in [0.4, 0.5) is 13.2 Å². The lowest BCUT2D eigenvalue weighted by Gasteiger charge is -2.06. The topological polar surface area (TPSA) is 44.2 Å². The monoisotopic (exact) mass is 290 g/mol. The van der Waals surface area contributed by atoms with Crippen LogP contribution in [0, 0.1) is 6.92 Å². The number of hydrogen-bond donors (Lipinski definition) is 0. The molecule has 0 amide bonds. The summed E-state index contributed by atoms with van der Waals surface area (Å²) in [6.07, 6.45) is -3.14. The molecule has 2 aromatic heterocycles. The molecule has 0 saturated carbocycles. The summed E-state index contributed by atoms with van der Waals surface area (Å²) in [7, 11) is 0. The van der Waals surface area contributed by atoms with E-state index in [1.165, 1.54) is 0 Å². The molecule has 8 heteroatoms. The van der Waals surface area contributed by atoms with Gasteiger partial charge in [-0.1, -0.05) is 6.07 Å². The van der Waals surface area contributed by atoms with E-state index in [9.17, 15) is 13.2 Å². The van der Waals surface area contributed by atoms with Crippen molar-refractivity contribution in [1.29, 1.82) is 0 Å². The Labute approximate surface area is 111 Å². The van der Waals surface area contributed by atoms with Crippen molar-refractivity contribution in [3.8, 4) is 0 Å². The molecular formula is C11H9F3N2O2S. The van der Waals surface area contributed by atoms with Gasteiger partial charge in [0.25, 0.3) is 0 Å². The average molecular weight is 290 g/mol. The summed E-state index contributed by atoms with van der Waals surface area (Å²) >= 11 is 0.525. The lowest BCUT2D eigenvalue weighted by molar-refractivity contribution is -0.440. The Kier molecular flexibility index (Phi) is 4.23. The Balaban J connectivity index is 2.01. The number of pyridine rings is 2. The summed E-state index contributed by atoms with van der Waals surface area (Å²) < 4.78 is 39.0. The Bertz CT molecular complexity index is 577. The largest absolute Gasteiger partial charge is 0.550 e. The van der Waals surface area contributed by atoms with Crippen LogP contribution in [0.1, 0.15) is 11.4 Å². The first-order valence-electron chi connectivity index (χ1n) is 5.21. The zero-order valence-electron chi connectivity index (χ0n) is 9.77. The van der Waals surface area contributed by atoms with Crippen molar-refractivity contribution in [3.05, 3.63) is 35.8 Å². The predicted octanol–water partition coefficient (Wildman–Crippen LogP) is 3.55. The zero-order valence-corrected chi connectivity index (χ0v) is 10.6. The van der Waals surface area contributed by atoms with Crippen LogP contribution in [-0.4, -0.2) is 16.3 Å². The molecule has 2 aromatic rings. The van der Waals surface area contributed by atoms with Gasteiger partial charge in [-0.25, -0.2) is 0 Å². The third-order valence-corrected chi connectivity index (χ3v) is 2.78. The minimum absolute atomic E-state index is 0.141. The van der Waals surface area contributed by atoms with Crippen LogP contribution in [0.15, 0.2) is 24.4 Å². The number of hydrogen-bond acceptors (Lipinski definition) is 5. The molecule has 0 unspecified atom stereocenters. The number of alkyl halides is 3. The van der Waals surface area contributed by atoms with Crippen LogP contribution in [0.2, 0.25) is 0 Å². The van der Waals surface area contributed by atoms with Crippen molar-refractivity contribution < 1.29 is 22.4 Å². The van der Waals surface area contributed by atoms with Crippen LogP contribution in [-0.2, 0) is 15.0 Å². The van der Waals surface area contributed by atoms with Crippen molar-refractivity contribution >= 4 is 22.9 Å². The summed E-state index contributed by atoms with van der Waals surface area (Å²) in [6.45, 7) is 1.79. The van der Waals surface area contributed by atoms with E-state index < -0.39 is 6.36 Å². The second-order valence-electron chi connectivity index (χ2n) is 3.63. The van der Waals surface area contributed by atoms with Gasteiger partial charge in [-0.15, -0.1) is 18.1 Å². The van der Waals surface area contributed by atoms with Gasteiger partial charge < -0.3 is 0 Å². The van der Waals surface area contributed by atoms with Crippen LogP contribution in [0.5, 0.6) is 0 Å². The number of halogens is 3. The molecule has 102 valence electrons. The normalized spacial score (nSPS) is 12.0. The van der Waals surface area contributed by atoms with E-state index in [4.69, 9.17) is 0 Å². The quantitative estimate of drug-likeness (QED) is 0.373. The molecule has 0 fully saturated rings. The Morgan fingerprint density at radius 3 is 2.89 bits per heavy atom. The molecule has 0 aliphatic carbocycles. The fraction of sp³-hybridized carbons (Fsp3) is 0.273. The third kappa shape index (κ3) is 4.05. The molecule has 0 atom stereocenters. The van der Waals surface area contributed by atoms with Gasteiger partial charge in [-0.3, -0.25) is 9.97 Å². The first kappa shape index (κ1) is 14.0. The molecule has 0 saturated heterocycles. The van der Waals surface area contributed by atoms with E-state index in [0.717, 1.165) is 10.9 Å². The van der Waals surface area contributed by atoms with Crippen molar-refractivity contribution in [2.45, 2.75) is 19.0 Å². The number of rotatable bonds is 4. The first-order chi connectivity index (χ1) is 8.96. The fourth-order valence-corrected chi connectivity index (χ4v) is 1.98. The zero-order chi connectivity index (χ0) is 13.9. The second-order valence-corrected chi connectivity index (χ2v) is 4.29. The van der Waals surface area contributed by atoms with Crippen LogP contribution < -0.4 is 0 Å². The number of fused-ring (bicyclic) bond motifs is 1. The van der Waals surface area contributed by atoms with E-state index in [-0.39, 0.29) is 5.75 Å². The van der Waals surface area contributed by atoms with Crippen molar-refractivity contribution in [2.24, 2.45) is 0 Å². The van der Waals surface area contributed by atoms with E-state index in [1.54, 1.807) is 25.3 Å². The Hall–Kier alpha value is -1.38. The van der Waals surface area contributed by atoms with Gasteiger partial charge >= 0.3 is 6.36 Å². The van der Waals surface area contributed by atoms with Gasteiger partial charge in [0, 0.05) is 23.6 Å². The highest BCUT2D eigenvalue weighted by Crippen LogP contribution is 2.23. The maximum absolute atomic E-state index is 11.7. The highest BCUT2D eigenvalue weighted by molar-refractivity contribution is 7.93. The van der Waals surface area contributed by atoms with Gasteiger partial charge in [0.05, 0.1) is 22.7 Å². The van der Waals surface area contributed by atoms with Crippen LogP contribution >= 0.6 is 12.0 Å². The maximum Gasteiger partial charge on any atom is 0.550 e. The summed E-state index contributed by atoms with van der Waals surface area (Å²) in [4.78, 5) is 11.6. The fourth-order valence-electron chi connectivity index (χ4n) is 1.54.